The van der Waals surface area contributed by atoms with E-state index in [0.717, 1.165) is 20.1 Å². The van der Waals surface area contributed by atoms with Crippen molar-refractivity contribution in [3.63, 3.8) is 0 Å². The van der Waals surface area contributed by atoms with Crippen LogP contribution in [-0.4, -0.2) is 10.2 Å². The van der Waals surface area contributed by atoms with E-state index in [9.17, 15) is 9.18 Å². The second-order valence-electron chi connectivity index (χ2n) is 6.73. The molecule has 0 unspecified atom stereocenters. The van der Waals surface area contributed by atoms with Gasteiger partial charge in [-0.2, -0.15) is 0 Å². The Labute approximate surface area is 215 Å². The predicted molar refractivity (Wildman–Crippen MR) is 140 cm³/mol. The van der Waals surface area contributed by atoms with E-state index < -0.39 is 5.82 Å². The van der Waals surface area contributed by atoms with Crippen LogP contribution in [0.15, 0.2) is 74.5 Å². The first-order valence-corrected chi connectivity index (χ1v) is 12.4. The summed E-state index contributed by atoms with van der Waals surface area (Å²) in [5, 5.41) is 0.670. The van der Waals surface area contributed by atoms with Crippen molar-refractivity contribution in [2.24, 2.45) is 0 Å². The summed E-state index contributed by atoms with van der Waals surface area (Å²) in [5.74, 6) is -0.0760. The molecule has 1 amide bonds. The van der Waals surface area contributed by atoms with E-state index in [4.69, 9.17) is 28.6 Å². The Balaban J connectivity index is 1.54. The number of hydrogen-bond donors (Lipinski definition) is 0. The quantitative estimate of drug-likeness (QED) is 0.216. The first-order chi connectivity index (χ1) is 15.3. The molecular weight excluding hydrogens is 601 g/mol. The van der Waals surface area contributed by atoms with Crippen LogP contribution >= 0.6 is 67.4 Å². The van der Waals surface area contributed by atoms with Gasteiger partial charge in [0.2, 0.25) is 0 Å². The van der Waals surface area contributed by atoms with Crippen molar-refractivity contribution >= 4 is 89.4 Å². The lowest BCUT2D eigenvalue weighted by atomic mass is 10.2. The molecule has 0 atom stereocenters. The zero-order valence-electron chi connectivity index (χ0n) is 16.2. The van der Waals surface area contributed by atoms with Crippen molar-refractivity contribution < 1.29 is 13.9 Å². The highest BCUT2D eigenvalue weighted by Gasteiger charge is 2.33. The van der Waals surface area contributed by atoms with Gasteiger partial charge in [0, 0.05) is 5.02 Å². The number of thioether (sulfide) groups is 1. The average molecular weight is 614 g/mol. The van der Waals surface area contributed by atoms with Gasteiger partial charge in [0.15, 0.2) is 4.32 Å². The van der Waals surface area contributed by atoms with Gasteiger partial charge in [-0.3, -0.25) is 9.69 Å². The Bertz CT molecular complexity index is 1230. The largest absolute Gasteiger partial charge is 0.487 e. The summed E-state index contributed by atoms with van der Waals surface area (Å²) >= 11 is 19.5. The molecule has 3 aromatic rings. The lowest BCUT2D eigenvalue weighted by molar-refractivity contribution is -0.113. The second kappa shape index (κ2) is 10.1. The van der Waals surface area contributed by atoms with Crippen molar-refractivity contribution in [3.05, 3.63) is 96.5 Å². The molecule has 0 saturated carbocycles. The van der Waals surface area contributed by atoms with Gasteiger partial charge in [-0.05, 0) is 91.5 Å². The number of halogens is 4. The fourth-order valence-corrected chi connectivity index (χ4v) is 5.87. The molecule has 0 radical (unpaired) electrons. The molecule has 1 aliphatic rings. The number of carbonyl (C=O) groups is 1. The number of amides is 1. The zero-order chi connectivity index (χ0) is 22.8. The molecular formula is C23H13Br2ClFNO2S2. The highest BCUT2D eigenvalue weighted by atomic mass is 79.9. The molecule has 3 nitrogen and oxygen atoms in total. The van der Waals surface area contributed by atoms with Crippen LogP contribution in [0, 0.1) is 5.82 Å². The molecule has 3 aromatic carbocycles. The smallest absolute Gasteiger partial charge is 0.270 e. The second-order valence-corrected chi connectivity index (χ2v) is 10.5. The van der Waals surface area contributed by atoms with Gasteiger partial charge in [0.05, 0.1) is 19.5 Å². The average Bonchev–Trinajstić information content (AvgIpc) is 3.01. The number of anilines is 1. The maximum Gasteiger partial charge on any atom is 0.270 e. The number of ether oxygens (including phenoxy) is 1. The maximum atomic E-state index is 13.6. The molecule has 4 rings (SSSR count). The number of benzene rings is 3. The minimum absolute atomic E-state index is 0.291. The first kappa shape index (κ1) is 23.4. The molecule has 1 fully saturated rings. The van der Waals surface area contributed by atoms with Gasteiger partial charge in [-0.1, -0.05) is 53.8 Å². The lowest BCUT2D eigenvalue weighted by Crippen LogP contribution is -2.27. The van der Waals surface area contributed by atoms with E-state index in [-0.39, 0.29) is 5.91 Å². The van der Waals surface area contributed by atoms with Gasteiger partial charge in [0.1, 0.15) is 18.2 Å². The number of carbonyl (C=O) groups excluding carboxylic acids is 1. The molecule has 9 heteroatoms. The molecule has 0 N–H and O–H groups in total. The van der Waals surface area contributed by atoms with Crippen molar-refractivity contribution in [1.82, 2.24) is 0 Å². The van der Waals surface area contributed by atoms with Gasteiger partial charge in [0.25, 0.3) is 5.91 Å². The molecule has 0 aromatic heterocycles. The van der Waals surface area contributed by atoms with E-state index in [1.807, 2.05) is 36.4 Å². The normalized spacial score (nSPS) is 15.0. The SMILES string of the molecule is O=C1/C(=C/c2cc(Br)c(OCc3ccc(Cl)cc3)c(Br)c2)SC(=S)N1c1cccc(F)c1. The van der Waals surface area contributed by atoms with E-state index in [1.165, 1.54) is 28.8 Å². The molecule has 0 bridgehead atoms. The molecule has 0 aliphatic carbocycles. The van der Waals surface area contributed by atoms with Gasteiger partial charge in [-0.25, -0.2) is 4.39 Å². The van der Waals surface area contributed by atoms with Crippen LogP contribution in [0.1, 0.15) is 11.1 Å². The van der Waals surface area contributed by atoms with Crippen LogP contribution < -0.4 is 9.64 Å². The summed E-state index contributed by atoms with van der Waals surface area (Å²) < 4.78 is 21.4. The molecule has 162 valence electrons. The van der Waals surface area contributed by atoms with E-state index in [0.29, 0.717) is 32.3 Å². The Morgan fingerprint density at radius 1 is 1.09 bits per heavy atom. The maximum absolute atomic E-state index is 13.6. The Hall–Kier alpha value is -1.71. The Morgan fingerprint density at radius 3 is 2.44 bits per heavy atom. The molecule has 1 heterocycles. The van der Waals surface area contributed by atoms with E-state index in [2.05, 4.69) is 31.9 Å². The van der Waals surface area contributed by atoms with Crippen molar-refractivity contribution in [2.75, 3.05) is 4.90 Å². The van der Waals surface area contributed by atoms with Crippen LogP contribution in [-0.2, 0) is 11.4 Å². The summed E-state index contributed by atoms with van der Waals surface area (Å²) in [6, 6.07) is 16.9. The summed E-state index contributed by atoms with van der Waals surface area (Å²) in [5.41, 5.74) is 2.17. The van der Waals surface area contributed by atoms with Crippen LogP contribution in [0.25, 0.3) is 6.08 Å². The third-order valence-corrected chi connectivity index (χ3v) is 7.21. The molecule has 1 aliphatic heterocycles. The lowest BCUT2D eigenvalue weighted by Gasteiger charge is -2.14. The standard InChI is InChI=1S/C23H13Br2ClFNO2S2/c24-18-8-14(9-19(25)21(18)30-12-13-4-6-15(26)7-5-13)10-20-22(29)28(23(31)32-20)17-3-1-2-16(27)11-17/h1-11H,12H2/b20-10-. The highest BCUT2D eigenvalue weighted by Crippen LogP contribution is 2.39. The van der Waals surface area contributed by atoms with Gasteiger partial charge in [-0.15, -0.1) is 0 Å². The van der Waals surface area contributed by atoms with Crippen LogP contribution in [0.4, 0.5) is 10.1 Å². The third-order valence-electron chi connectivity index (χ3n) is 4.47. The monoisotopic (exact) mass is 611 g/mol. The van der Waals surface area contributed by atoms with Gasteiger partial charge >= 0.3 is 0 Å². The van der Waals surface area contributed by atoms with Crippen molar-refractivity contribution in [2.45, 2.75) is 6.61 Å². The summed E-state index contributed by atoms with van der Waals surface area (Å²) in [7, 11) is 0. The summed E-state index contributed by atoms with van der Waals surface area (Å²) in [6.45, 7) is 0.375. The minimum Gasteiger partial charge on any atom is -0.487 e. The summed E-state index contributed by atoms with van der Waals surface area (Å²) in [4.78, 5) is 14.7. The molecule has 32 heavy (non-hydrogen) atoms. The number of hydrogen-bond acceptors (Lipinski definition) is 4. The fraction of sp³-hybridized carbons (Fsp3) is 0.0435. The number of rotatable bonds is 5. The molecule has 1 saturated heterocycles. The van der Waals surface area contributed by atoms with Gasteiger partial charge < -0.3 is 4.74 Å². The van der Waals surface area contributed by atoms with Crippen molar-refractivity contribution in [1.29, 1.82) is 0 Å². The molecule has 0 spiro atoms. The van der Waals surface area contributed by atoms with Crippen LogP contribution in [0.2, 0.25) is 5.02 Å². The van der Waals surface area contributed by atoms with Crippen LogP contribution in [0.5, 0.6) is 5.75 Å². The highest BCUT2D eigenvalue weighted by molar-refractivity contribution is 9.11. The zero-order valence-corrected chi connectivity index (χ0v) is 21.7. The Morgan fingerprint density at radius 2 is 1.78 bits per heavy atom. The third kappa shape index (κ3) is 5.26. The first-order valence-electron chi connectivity index (χ1n) is 9.21. The van der Waals surface area contributed by atoms with Crippen LogP contribution in [0.3, 0.4) is 0 Å². The number of nitrogens with zero attached hydrogens (tertiary/aromatic N) is 1. The van der Waals surface area contributed by atoms with Crippen molar-refractivity contribution in [3.8, 4) is 5.75 Å². The Kier molecular flexibility index (Phi) is 7.37. The van der Waals surface area contributed by atoms with E-state index >= 15 is 0 Å². The topological polar surface area (TPSA) is 29.5 Å². The number of thiocarbonyl (C=S) groups is 1. The predicted octanol–water partition coefficient (Wildman–Crippen LogP) is 7.99. The summed E-state index contributed by atoms with van der Waals surface area (Å²) in [6.07, 6.45) is 1.75. The fourth-order valence-electron chi connectivity index (χ4n) is 2.99. The minimum atomic E-state index is -0.428. The van der Waals surface area contributed by atoms with E-state index in [1.54, 1.807) is 18.2 Å².